The normalized spacial score (nSPS) is 15.6. The van der Waals surface area contributed by atoms with Gasteiger partial charge in [0, 0.05) is 11.8 Å². The molecule has 3 unspecified atom stereocenters. The molecule has 23 heavy (non-hydrogen) atoms. The molecule has 0 fully saturated rings. The van der Waals surface area contributed by atoms with Crippen LogP contribution in [0, 0.1) is 11.8 Å². The van der Waals surface area contributed by atoms with E-state index >= 15 is 0 Å². The van der Waals surface area contributed by atoms with Gasteiger partial charge in [-0.15, -0.1) is 0 Å². The zero-order valence-electron chi connectivity index (χ0n) is 14.3. The average Bonchev–Trinajstić information content (AvgIpc) is 2.42. The molecule has 0 rings (SSSR count). The molecule has 7 nitrogen and oxygen atoms in total. The van der Waals surface area contributed by atoms with Crippen LogP contribution in [-0.2, 0) is 14.4 Å². The Morgan fingerprint density at radius 2 is 1.83 bits per heavy atom. The molecule has 8 heteroatoms. The van der Waals surface area contributed by atoms with Crippen molar-refractivity contribution in [1.82, 2.24) is 5.32 Å². The summed E-state index contributed by atoms with van der Waals surface area (Å²) in [6.45, 7) is 5.53. The molecule has 2 amide bonds. The molecular formula is C15H29ClN3O4+. The zero-order chi connectivity index (χ0) is 18.2. The van der Waals surface area contributed by atoms with E-state index in [4.69, 9.17) is 17.3 Å². The lowest BCUT2D eigenvalue weighted by atomic mass is 9.88. The van der Waals surface area contributed by atoms with Crippen LogP contribution in [-0.4, -0.2) is 60.1 Å². The minimum atomic E-state index is -1.78. The van der Waals surface area contributed by atoms with Gasteiger partial charge < -0.3 is 20.6 Å². The van der Waals surface area contributed by atoms with E-state index in [1.165, 1.54) is 0 Å². The van der Waals surface area contributed by atoms with Crippen LogP contribution >= 0.6 is 11.6 Å². The Labute approximate surface area is 142 Å². The van der Waals surface area contributed by atoms with Gasteiger partial charge in [0.1, 0.15) is 0 Å². The summed E-state index contributed by atoms with van der Waals surface area (Å²) >= 11 is 5.12. The number of aliphatic hydroxyl groups excluding tert-OH is 1. The van der Waals surface area contributed by atoms with Crippen molar-refractivity contribution in [1.29, 1.82) is 0 Å². The van der Waals surface area contributed by atoms with Crippen LogP contribution in [0.2, 0.25) is 0 Å². The molecular weight excluding hydrogens is 322 g/mol. The van der Waals surface area contributed by atoms with Gasteiger partial charge in [-0.2, -0.15) is 0 Å². The summed E-state index contributed by atoms with van der Waals surface area (Å²) in [5.74, 6) is -2.60. The van der Waals surface area contributed by atoms with Crippen molar-refractivity contribution in [3.05, 3.63) is 0 Å². The molecule has 0 saturated heterocycles. The Morgan fingerprint density at radius 1 is 1.26 bits per heavy atom. The number of halogens is 1. The number of carbonyl (C=O) groups excluding carboxylic acids is 3. The van der Waals surface area contributed by atoms with Gasteiger partial charge in [-0.25, -0.2) is 0 Å². The van der Waals surface area contributed by atoms with Crippen molar-refractivity contribution in [2.24, 2.45) is 17.6 Å². The van der Waals surface area contributed by atoms with Gasteiger partial charge in [0.05, 0.1) is 27.2 Å². The Balaban J connectivity index is 4.80. The van der Waals surface area contributed by atoms with Gasteiger partial charge in [0.2, 0.25) is 18.0 Å². The maximum atomic E-state index is 12.2. The van der Waals surface area contributed by atoms with Crippen LogP contribution < -0.4 is 11.1 Å². The number of carbonyl (C=O) groups is 3. The Bertz CT molecular complexity index is 429. The second-order valence-electron chi connectivity index (χ2n) is 6.54. The summed E-state index contributed by atoms with van der Waals surface area (Å²) in [4.78, 5) is 34.4. The summed E-state index contributed by atoms with van der Waals surface area (Å²) in [5.41, 5.74) is 5.29. The molecule has 0 aromatic heterocycles. The van der Waals surface area contributed by atoms with Crippen LogP contribution in [0.4, 0.5) is 0 Å². The van der Waals surface area contributed by atoms with Crippen LogP contribution in [0.1, 0.15) is 33.1 Å². The van der Waals surface area contributed by atoms with Crippen molar-refractivity contribution < 1.29 is 24.0 Å². The van der Waals surface area contributed by atoms with Gasteiger partial charge in [0.25, 0.3) is 5.24 Å². The monoisotopic (exact) mass is 350 g/mol. The van der Waals surface area contributed by atoms with Gasteiger partial charge in [-0.05, 0) is 30.9 Å². The summed E-state index contributed by atoms with van der Waals surface area (Å²) in [7, 11) is 4.21. The highest BCUT2D eigenvalue weighted by Crippen LogP contribution is 2.19. The molecule has 4 N–H and O–H groups in total. The maximum absolute atomic E-state index is 12.2. The number of quaternary nitrogens is 1. The number of nitrogens with two attached hydrogens (primary N) is 1. The summed E-state index contributed by atoms with van der Waals surface area (Å²) in [6.07, 6.45) is 0.426. The molecule has 0 aliphatic heterocycles. The van der Waals surface area contributed by atoms with E-state index in [9.17, 15) is 19.5 Å². The standard InChI is InChI=1S/C15H28ClN3O4/c1-5-8-19(3,4)9-6-7-11(10(2)13(17)21)14(22)18-15(23)12(16)20/h10-11,15,23H,5-9H2,1-4H3,(H2-,17,18,21,22)/p+1. The van der Waals surface area contributed by atoms with Crippen LogP contribution in [0.25, 0.3) is 0 Å². The number of rotatable bonds is 11. The highest BCUT2D eigenvalue weighted by Gasteiger charge is 2.31. The van der Waals surface area contributed by atoms with Crippen LogP contribution in [0.3, 0.4) is 0 Å². The third-order valence-corrected chi connectivity index (χ3v) is 4.20. The predicted molar refractivity (Wildman–Crippen MR) is 88.2 cm³/mol. The van der Waals surface area contributed by atoms with Crippen molar-refractivity contribution in [3.8, 4) is 0 Å². The summed E-state index contributed by atoms with van der Waals surface area (Å²) in [6, 6.07) is 0. The minimum Gasteiger partial charge on any atom is -0.369 e. The first kappa shape index (κ1) is 21.8. The van der Waals surface area contributed by atoms with E-state index in [0.29, 0.717) is 12.8 Å². The molecule has 0 aromatic rings. The number of nitrogens with one attached hydrogen (secondary N) is 1. The topological polar surface area (TPSA) is 109 Å². The molecule has 0 spiro atoms. The Hall–Kier alpha value is -1.18. The number of amides is 2. The molecule has 0 aromatic carbocycles. The summed E-state index contributed by atoms with van der Waals surface area (Å²) < 4.78 is 0.818. The first-order valence-corrected chi connectivity index (χ1v) is 8.18. The largest absolute Gasteiger partial charge is 0.369 e. The molecule has 0 radical (unpaired) electrons. The summed E-state index contributed by atoms with van der Waals surface area (Å²) in [5, 5.41) is 10.4. The first-order valence-electron chi connectivity index (χ1n) is 7.81. The van der Waals surface area contributed by atoms with Gasteiger partial charge in [-0.3, -0.25) is 14.4 Å². The lowest BCUT2D eigenvalue weighted by molar-refractivity contribution is -0.890. The molecule has 0 aliphatic rings. The predicted octanol–water partition coefficient (Wildman–Crippen LogP) is 0.191. The number of hydrogen-bond donors (Lipinski definition) is 3. The molecule has 0 saturated carbocycles. The third-order valence-electron chi connectivity index (χ3n) is 3.99. The number of nitrogens with zero attached hydrogens (tertiary/aromatic N) is 1. The van der Waals surface area contributed by atoms with Crippen molar-refractivity contribution in [2.45, 2.75) is 39.3 Å². The smallest absolute Gasteiger partial charge is 0.271 e. The van der Waals surface area contributed by atoms with Crippen LogP contribution in [0.5, 0.6) is 0 Å². The van der Waals surface area contributed by atoms with Gasteiger partial charge in [0.15, 0.2) is 0 Å². The lowest BCUT2D eigenvalue weighted by Gasteiger charge is -2.30. The van der Waals surface area contributed by atoms with Crippen LogP contribution in [0.15, 0.2) is 0 Å². The molecule has 0 bridgehead atoms. The van der Waals surface area contributed by atoms with Gasteiger partial charge in [-0.1, -0.05) is 13.8 Å². The van der Waals surface area contributed by atoms with E-state index in [1.54, 1.807) is 6.92 Å². The SMILES string of the molecule is CCC[N+](C)(C)CCCC(C(=O)NC(O)C(=O)Cl)C(C)C(N)=O. The fraction of sp³-hybridized carbons (Fsp3) is 0.800. The maximum Gasteiger partial charge on any atom is 0.271 e. The van der Waals surface area contributed by atoms with E-state index in [-0.39, 0.29) is 0 Å². The fourth-order valence-electron chi connectivity index (χ4n) is 2.56. The third kappa shape index (κ3) is 8.29. The lowest BCUT2D eigenvalue weighted by Crippen LogP contribution is -2.46. The second kappa shape index (κ2) is 9.85. The number of primary amides is 1. The average molecular weight is 351 g/mol. The Morgan fingerprint density at radius 3 is 2.26 bits per heavy atom. The fourth-order valence-corrected chi connectivity index (χ4v) is 2.62. The quantitative estimate of drug-likeness (QED) is 0.281. The number of hydrogen-bond acceptors (Lipinski definition) is 4. The molecule has 0 heterocycles. The van der Waals surface area contributed by atoms with Crippen molar-refractivity contribution in [3.63, 3.8) is 0 Å². The van der Waals surface area contributed by atoms with E-state index in [2.05, 4.69) is 26.3 Å². The van der Waals surface area contributed by atoms with E-state index < -0.39 is 35.1 Å². The molecule has 3 atom stereocenters. The van der Waals surface area contributed by atoms with E-state index in [1.807, 2.05) is 0 Å². The van der Waals surface area contributed by atoms with Gasteiger partial charge >= 0.3 is 0 Å². The zero-order valence-corrected chi connectivity index (χ0v) is 15.1. The second-order valence-corrected chi connectivity index (χ2v) is 6.91. The highest BCUT2D eigenvalue weighted by molar-refractivity contribution is 6.64. The Kier molecular flexibility index (Phi) is 9.34. The van der Waals surface area contributed by atoms with Crippen molar-refractivity contribution in [2.75, 3.05) is 27.2 Å². The minimum absolute atomic E-state index is 0.435. The number of aliphatic hydroxyl groups is 1. The van der Waals surface area contributed by atoms with E-state index in [0.717, 1.165) is 24.0 Å². The highest BCUT2D eigenvalue weighted by atomic mass is 35.5. The molecule has 134 valence electrons. The van der Waals surface area contributed by atoms with Crippen molar-refractivity contribution >= 4 is 28.7 Å². The molecule has 0 aliphatic carbocycles. The first-order chi connectivity index (χ1) is 10.5.